The summed E-state index contributed by atoms with van der Waals surface area (Å²) in [6, 6.07) is 8.49. The van der Waals surface area contributed by atoms with Crippen molar-refractivity contribution in [2.75, 3.05) is 30.4 Å². The lowest BCUT2D eigenvalue weighted by atomic mass is 9.86. The van der Waals surface area contributed by atoms with Crippen LogP contribution in [0.25, 0.3) is 10.9 Å². The third-order valence-electron chi connectivity index (χ3n) is 6.96. The first-order valence-electron chi connectivity index (χ1n) is 12.4. The van der Waals surface area contributed by atoms with Crippen LogP contribution in [-0.2, 0) is 9.53 Å². The molecule has 1 aromatic carbocycles. The Labute approximate surface area is 215 Å². The lowest BCUT2D eigenvalue weighted by Gasteiger charge is -2.29. The van der Waals surface area contributed by atoms with Crippen LogP contribution in [0.3, 0.4) is 0 Å². The van der Waals surface area contributed by atoms with E-state index in [9.17, 15) is 9.90 Å². The highest BCUT2D eigenvalue weighted by Crippen LogP contribution is 2.29. The Bertz CT molecular complexity index is 1210. The van der Waals surface area contributed by atoms with Crippen molar-refractivity contribution >= 4 is 40.2 Å². The van der Waals surface area contributed by atoms with Gasteiger partial charge in [0.25, 0.3) is 5.91 Å². The summed E-state index contributed by atoms with van der Waals surface area (Å²) in [5.41, 5.74) is 2.23. The molecule has 2 aromatic heterocycles. The molecule has 0 spiro atoms. The number of aryl methyl sites for hydroxylation is 1. The first-order valence-corrected chi connectivity index (χ1v) is 12.8. The van der Waals surface area contributed by atoms with Gasteiger partial charge >= 0.3 is 0 Å². The molecule has 1 atom stereocenters. The molecular formula is C26H31ClN6O3. The van der Waals surface area contributed by atoms with Crippen LogP contribution < -0.4 is 16.0 Å². The van der Waals surface area contributed by atoms with Gasteiger partial charge in [-0.25, -0.2) is 15.0 Å². The van der Waals surface area contributed by atoms with Crippen LogP contribution in [0.1, 0.15) is 42.9 Å². The van der Waals surface area contributed by atoms with Gasteiger partial charge < -0.3 is 25.8 Å². The van der Waals surface area contributed by atoms with E-state index in [1.807, 2.05) is 25.1 Å². The van der Waals surface area contributed by atoms with Gasteiger partial charge in [-0.2, -0.15) is 0 Å². The fourth-order valence-corrected chi connectivity index (χ4v) is 4.83. The number of ether oxygens (including phenoxy) is 1. The molecule has 3 heterocycles. The topological polar surface area (TPSA) is 121 Å². The number of aliphatic hydroxyl groups is 1. The van der Waals surface area contributed by atoms with Crippen molar-refractivity contribution in [3.63, 3.8) is 0 Å². The smallest absolute Gasteiger partial charge is 0.253 e. The number of pyridine rings is 1. The fraction of sp³-hybridized carbons (Fsp3) is 0.462. The van der Waals surface area contributed by atoms with Gasteiger partial charge in [-0.05, 0) is 56.2 Å². The lowest BCUT2D eigenvalue weighted by molar-refractivity contribution is -0.133. The molecule has 1 aliphatic heterocycles. The molecule has 0 unspecified atom stereocenters. The molecule has 1 saturated heterocycles. The van der Waals surface area contributed by atoms with E-state index in [1.54, 1.807) is 0 Å². The van der Waals surface area contributed by atoms with Gasteiger partial charge in [0.1, 0.15) is 5.82 Å². The monoisotopic (exact) mass is 510 g/mol. The fourth-order valence-electron chi connectivity index (χ4n) is 4.61. The molecule has 0 bridgehead atoms. The molecular weight excluding hydrogens is 480 g/mol. The summed E-state index contributed by atoms with van der Waals surface area (Å²) in [6.07, 6.45) is 5.96. The summed E-state index contributed by atoms with van der Waals surface area (Å²) in [6.45, 7) is 3.72. The number of hydrogen-bond donors (Lipinski definition) is 4. The van der Waals surface area contributed by atoms with Gasteiger partial charge in [-0.15, -0.1) is 0 Å². The molecule has 190 valence electrons. The van der Waals surface area contributed by atoms with E-state index in [1.165, 1.54) is 12.4 Å². The first-order chi connectivity index (χ1) is 17.5. The van der Waals surface area contributed by atoms with Crippen LogP contribution in [0.2, 0.25) is 5.02 Å². The van der Waals surface area contributed by atoms with Crippen molar-refractivity contribution in [1.29, 1.82) is 0 Å². The summed E-state index contributed by atoms with van der Waals surface area (Å²) in [5, 5.41) is 21.6. The van der Waals surface area contributed by atoms with Gasteiger partial charge in [-0.3, -0.25) is 4.79 Å². The predicted molar refractivity (Wildman–Crippen MR) is 139 cm³/mol. The summed E-state index contributed by atoms with van der Waals surface area (Å²) in [7, 11) is 0. The summed E-state index contributed by atoms with van der Waals surface area (Å²) >= 11 is 6.47. The molecule has 4 N–H and O–H groups in total. The van der Waals surface area contributed by atoms with Gasteiger partial charge in [0.15, 0.2) is 6.10 Å². The molecule has 5 rings (SSSR count). The average molecular weight is 511 g/mol. The van der Waals surface area contributed by atoms with Crippen molar-refractivity contribution in [3.05, 3.63) is 52.8 Å². The Balaban J connectivity index is 1.07. The molecule has 1 amide bonds. The SMILES string of the molecule is Cc1ccc2ccc(N[C@H]3CC[C@H](CNc4ncc([C@@H](O)C(=O)NC5COC5)cn4)CC3)nc2c1Cl. The minimum Gasteiger partial charge on any atom is -0.378 e. The minimum absolute atomic E-state index is 0.0362. The maximum atomic E-state index is 12.1. The maximum absolute atomic E-state index is 12.1. The maximum Gasteiger partial charge on any atom is 0.253 e. The van der Waals surface area contributed by atoms with Crippen molar-refractivity contribution in [2.45, 2.75) is 50.8 Å². The number of rotatable bonds is 8. The van der Waals surface area contributed by atoms with Crippen LogP contribution in [0.15, 0.2) is 36.7 Å². The van der Waals surface area contributed by atoms with Crippen molar-refractivity contribution in [1.82, 2.24) is 20.3 Å². The number of benzene rings is 1. The van der Waals surface area contributed by atoms with Crippen molar-refractivity contribution in [2.24, 2.45) is 5.92 Å². The minimum atomic E-state index is -1.29. The third kappa shape index (κ3) is 5.69. The third-order valence-corrected chi connectivity index (χ3v) is 7.44. The number of fused-ring (bicyclic) bond motifs is 1. The Hall–Kier alpha value is -3.01. The number of aliphatic hydroxyl groups excluding tert-OH is 1. The normalized spacial score (nSPS) is 21.0. The van der Waals surface area contributed by atoms with Crippen LogP contribution in [0, 0.1) is 12.8 Å². The predicted octanol–water partition coefficient (Wildman–Crippen LogP) is 3.62. The molecule has 1 aliphatic carbocycles. The zero-order valence-electron chi connectivity index (χ0n) is 20.2. The number of aromatic nitrogens is 3. The van der Waals surface area contributed by atoms with E-state index in [-0.39, 0.29) is 6.04 Å². The Kier molecular flexibility index (Phi) is 7.50. The van der Waals surface area contributed by atoms with Crippen LogP contribution in [0.5, 0.6) is 0 Å². The Morgan fingerprint density at radius 3 is 2.53 bits per heavy atom. The van der Waals surface area contributed by atoms with Gasteiger partial charge in [0, 0.05) is 35.9 Å². The Morgan fingerprint density at radius 1 is 1.11 bits per heavy atom. The van der Waals surface area contributed by atoms with Crippen molar-refractivity contribution in [3.8, 4) is 0 Å². The van der Waals surface area contributed by atoms with Crippen LogP contribution >= 0.6 is 11.6 Å². The highest BCUT2D eigenvalue weighted by Gasteiger charge is 2.26. The molecule has 2 fully saturated rings. The van der Waals surface area contributed by atoms with Gasteiger partial charge in [0.2, 0.25) is 5.95 Å². The highest BCUT2D eigenvalue weighted by molar-refractivity contribution is 6.35. The van der Waals surface area contributed by atoms with Gasteiger partial charge in [-0.1, -0.05) is 23.7 Å². The molecule has 0 radical (unpaired) electrons. The molecule has 2 aliphatic rings. The average Bonchev–Trinajstić information content (AvgIpc) is 2.88. The summed E-state index contributed by atoms with van der Waals surface area (Å²) in [5.74, 6) is 1.41. The van der Waals surface area contributed by atoms with Gasteiger partial charge in [0.05, 0.1) is 29.8 Å². The standard InChI is InChI=1S/C26H31ClN6O3/c1-15-2-5-17-6-9-21(33-23(17)22(15)27)31-19-7-3-16(4-8-19)10-28-26-29-11-18(12-30-26)24(34)25(35)32-20-13-36-14-20/h2,5-6,9,11-12,16,19-20,24,34H,3-4,7-8,10,13-14H2,1H3,(H,31,33)(H,32,35)(H,28,29,30)/t16-,19-,24-/m1/s1. The zero-order valence-corrected chi connectivity index (χ0v) is 21.0. The summed E-state index contributed by atoms with van der Waals surface area (Å²) < 4.78 is 5.03. The molecule has 10 heteroatoms. The quantitative estimate of drug-likeness (QED) is 0.362. The van der Waals surface area contributed by atoms with E-state index in [4.69, 9.17) is 21.3 Å². The molecule has 36 heavy (non-hydrogen) atoms. The second-order valence-electron chi connectivity index (χ2n) is 9.69. The first kappa shape index (κ1) is 24.7. The molecule has 9 nitrogen and oxygen atoms in total. The highest BCUT2D eigenvalue weighted by atomic mass is 35.5. The second-order valence-corrected chi connectivity index (χ2v) is 10.1. The number of carbonyl (C=O) groups is 1. The summed E-state index contributed by atoms with van der Waals surface area (Å²) in [4.78, 5) is 25.4. The van der Waals surface area contributed by atoms with E-state index < -0.39 is 12.0 Å². The number of carbonyl (C=O) groups excluding carboxylic acids is 1. The number of anilines is 2. The number of halogens is 1. The van der Waals surface area contributed by atoms with Crippen molar-refractivity contribution < 1.29 is 14.6 Å². The van der Waals surface area contributed by atoms with E-state index in [0.29, 0.717) is 41.7 Å². The zero-order chi connectivity index (χ0) is 25.1. The Morgan fingerprint density at radius 2 is 1.83 bits per heavy atom. The second kappa shape index (κ2) is 10.9. The number of nitrogens with zero attached hydrogens (tertiary/aromatic N) is 3. The number of hydrogen-bond acceptors (Lipinski definition) is 8. The number of nitrogens with one attached hydrogen (secondary N) is 3. The largest absolute Gasteiger partial charge is 0.378 e. The molecule has 1 saturated carbocycles. The van der Waals surface area contributed by atoms with Crippen LogP contribution in [0.4, 0.5) is 11.8 Å². The van der Waals surface area contributed by atoms with E-state index in [0.717, 1.165) is 54.5 Å². The number of amides is 1. The van der Waals surface area contributed by atoms with Crippen LogP contribution in [-0.4, -0.2) is 57.8 Å². The lowest BCUT2D eigenvalue weighted by Crippen LogP contribution is -2.50. The van der Waals surface area contributed by atoms with E-state index in [2.05, 4.69) is 32.0 Å². The van der Waals surface area contributed by atoms with E-state index >= 15 is 0 Å². The molecule has 3 aromatic rings.